The number of hydrogen-bond acceptors (Lipinski definition) is 4. The van der Waals surface area contributed by atoms with Crippen molar-refractivity contribution in [1.82, 2.24) is 10.2 Å². The maximum atomic E-state index is 12.5. The zero-order valence-corrected chi connectivity index (χ0v) is 12.6. The second-order valence-electron chi connectivity index (χ2n) is 4.95. The number of amides is 3. The zero-order chi connectivity index (χ0) is 16.1. The van der Waals surface area contributed by atoms with Crippen molar-refractivity contribution in [3.63, 3.8) is 0 Å². The first-order valence-electron chi connectivity index (χ1n) is 7.11. The van der Waals surface area contributed by atoms with Crippen molar-refractivity contribution < 1.29 is 19.1 Å². The number of hydrogen-bond donors (Lipinski definition) is 2. The van der Waals surface area contributed by atoms with E-state index >= 15 is 0 Å². The molecular weight excluding hydrogens is 286 g/mol. The van der Waals surface area contributed by atoms with Gasteiger partial charge in [0.1, 0.15) is 5.75 Å². The van der Waals surface area contributed by atoms with E-state index in [0.29, 0.717) is 23.5 Å². The van der Waals surface area contributed by atoms with Crippen molar-refractivity contribution in [2.45, 2.75) is 13.3 Å². The average molecular weight is 305 g/mol. The molecule has 3 amide bonds. The highest BCUT2D eigenvalue weighted by atomic mass is 16.5. The predicted molar refractivity (Wildman–Crippen MR) is 80.8 cm³/mol. The zero-order valence-electron chi connectivity index (χ0n) is 12.6. The Morgan fingerprint density at radius 3 is 2.86 bits per heavy atom. The molecule has 1 aliphatic rings. The summed E-state index contributed by atoms with van der Waals surface area (Å²) in [5, 5.41) is 5.17. The van der Waals surface area contributed by atoms with Crippen molar-refractivity contribution in [1.29, 1.82) is 0 Å². The van der Waals surface area contributed by atoms with Crippen LogP contribution in [0.2, 0.25) is 0 Å². The van der Waals surface area contributed by atoms with Crippen LogP contribution in [0.5, 0.6) is 5.75 Å². The van der Waals surface area contributed by atoms with E-state index < -0.39 is 0 Å². The fourth-order valence-corrected chi connectivity index (χ4v) is 2.17. The van der Waals surface area contributed by atoms with E-state index in [4.69, 9.17) is 4.74 Å². The Balaban J connectivity index is 2.21. The molecule has 2 rings (SSSR count). The number of nitrogens with zero attached hydrogens (tertiary/aromatic N) is 1. The molecule has 0 fully saturated rings. The topological polar surface area (TPSA) is 87.7 Å². The minimum absolute atomic E-state index is 0.00309. The summed E-state index contributed by atoms with van der Waals surface area (Å²) in [4.78, 5) is 36.9. The Labute approximate surface area is 128 Å². The number of fused-ring (bicyclic) bond motifs is 1. The summed E-state index contributed by atoms with van der Waals surface area (Å²) in [6.07, 6.45) is 0.744. The number of benzene rings is 1. The van der Waals surface area contributed by atoms with Crippen molar-refractivity contribution in [3.8, 4) is 5.75 Å². The lowest BCUT2D eigenvalue weighted by Gasteiger charge is -2.23. The molecule has 1 aromatic rings. The monoisotopic (exact) mass is 305 g/mol. The van der Waals surface area contributed by atoms with E-state index in [9.17, 15) is 14.4 Å². The van der Waals surface area contributed by atoms with Gasteiger partial charge in [-0.25, -0.2) is 0 Å². The fraction of sp³-hybridized carbons (Fsp3) is 0.400. The quantitative estimate of drug-likeness (QED) is 0.834. The molecule has 0 aromatic heterocycles. The second kappa shape index (κ2) is 6.93. The summed E-state index contributed by atoms with van der Waals surface area (Å²) >= 11 is 0. The summed E-state index contributed by atoms with van der Waals surface area (Å²) < 4.78 is 5.26. The average Bonchev–Trinajstić information content (AvgIpc) is 2.52. The lowest BCUT2D eigenvalue weighted by molar-refractivity contribution is -0.121. The van der Waals surface area contributed by atoms with Crippen LogP contribution in [0, 0.1) is 0 Å². The lowest BCUT2D eigenvalue weighted by Crippen LogP contribution is -2.40. The minimum Gasteiger partial charge on any atom is -0.482 e. The first-order chi connectivity index (χ1) is 10.5. The van der Waals surface area contributed by atoms with Gasteiger partial charge in [0.05, 0.1) is 12.2 Å². The van der Waals surface area contributed by atoms with Crippen LogP contribution in [0.3, 0.4) is 0 Å². The van der Waals surface area contributed by atoms with Crippen molar-refractivity contribution >= 4 is 23.4 Å². The molecule has 118 valence electrons. The van der Waals surface area contributed by atoms with Gasteiger partial charge in [-0.15, -0.1) is 0 Å². The molecule has 1 heterocycles. The highest BCUT2D eigenvalue weighted by Gasteiger charge is 2.21. The minimum atomic E-state index is -0.257. The Kier molecular flexibility index (Phi) is 4.98. The smallest absolute Gasteiger partial charge is 0.262 e. The highest BCUT2D eigenvalue weighted by molar-refractivity contribution is 6.00. The Morgan fingerprint density at radius 2 is 2.18 bits per heavy atom. The molecule has 22 heavy (non-hydrogen) atoms. The van der Waals surface area contributed by atoms with Crippen molar-refractivity contribution in [2.75, 3.05) is 32.1 Å². The summed E-state index contributed by atoms with van der Waals surface area (Å²) in [6.45, 7) is 2.39. The van der Waals surface area contributed by atoms with E-state index in [1.165, 1.54) is 11.9 Å². The van der Waals surface area contributed by atoms with Gasteiger partial charge in [-0.1, -0.05) is 6.92 Å². The molecular formula is C15H19N3O4. The van der Waals surface area contributed by atoms with Crippen LogP contribution in [0.4, 0.5) is 5.69 Å². The first kappa shape index (κ1) is 15.8. The molecule has 7 nitrogen and oxygen atoms in total. The first-order valence-corrected chi connectivity index (χ1v) is 7.11. The van der Waals surface area contributed by atoms with Gasteiger partial charge >= 0.3 is 0 Å². The molecule has 0 spiro atoms. The number of rotatable bonds is 5. The van der Waals surface area contributed by atoms with Gasteiger partial charge in [0, 0.05) is 19.2 Å². The molecule has 0 atom stereocenters. The van der Waals surface area contributed by atoms with Crippen molar-refractivity contribution in [2.24, 2.45) is 0 Å². The van der Waals surface area contributed by atoms with Gasteiger partial charge in [-0.2, -0.15) is 0 Å². The molecule has 1 aliphatic heterocycles. The van der Waals surface area contributed by atoms with Gasteiger partial charge in [0.25, 0.3) is 11.8 Å². The fourth-order valence-electron chi connectivity index (χ4n) is 2.17. The van der Waals surface area contributed by atoms with Crippen molar-refractivity contribution in [3.05, 3.63) is 23.8 Å². The Hall–Kier alpha value is -2.57. The van der Waals surface area contributed by atoms with Crippen LogP contribution in [-0.2, 0) is 9.59 Å². The van der Waals surface area contributed by atoms with Crippen LogP contribution in [0.15, 0.2) is 18.2 Å². The van der Waals surface area contributed by atoms with Crippen LogP contribution < -0.4 is 15.4 Å². The van der Waals surface area contributed by atoms with E-state index in [1.54, 1.807) is 18.2 Å². The molecule has 0 saturated heterocycles. The molecule has 1 aromatic carbocycles. The van der Waals surface area contributed by atoms with Gasteiger partial charge in [-0.05, 0) is 24.6 Å². The number of likely N-dealkylation sites (N-methyl/N-ethyl adjacent to an activating group) is 1. The number of carbonyl (C=O) groups is 3. The predicted octanol–water partition coefficient (Wildman–Crippen LogP) is 0.616. The number of ether oxygens (including phenoxy) is 1. The summed E-state index contributed by atoms with van der Waals surface area (Å²) in [7, 11) is 1.53. The molecule has 0 saturated carbocycles. The lowest BCUT2D eigenvalue weighted by atomic mass is 10.1. The van der Waals surface area contributed by atoms with Crippen LogP contribution in [0.1, 0.15) is 23.7 Å². The second-order valence-corrected chi connectivity index (χ2v) is 4.95. The van der Waals surface area contributed by atoms with E-state index in [1.807, 2.05) is 6.92 Å². The van der Waals surface area contributed by atoms with E-state index in [0.717, 1.165) is 6.42 Å². The number of anilines is 1. The largest absolute Gasteiger partial charge is 0.482 e. The third kappa shape index (κ3) is 3.55. The third-order valence-electron chi connectivity index (χ3n) is 3.25. The van der Waals surface area contributed by atoms with Crippen LogP contribution in [-0.4, -0.2) is 49.4 Å². The molecule has 0 radical (unpaired) electrons. The summed E-state index contributed by atoms with van der Waals surface area (Å²) in [5.74, 6) is -0.207. The van der Waals surface area contributed by atoms with Gasteiger partial charge < -0.3 is 20.3 Å². The Morgan fingerprint density at radius 1 is 1.41 bits per heavy atom. The third-order valence-corrected chi connectivity index (χ3v) is 3.25. The number of carbonyl (C=O) groups excluding carboxylic acids is 3. The molecule has 7 heteroatoms. The van der Waals surface area contributed by atoms with Gasteiger partial charge in [-0.3, -0.25) is 14.4 Å². The molecule has 0 unspecified atom stereocenters. The molecule has 2 N–H and O–H groups in total. The molecule has 0 bridgehead atoms. The molecule has 0 aliphatic carbocycles. The number of nitrogens with one attached hydrogen (secondary N) is 2. The maximum absolute atomic E-state index is 12.5. The van der Waals surface area contributed by atoms with E-state index in [2.05, 4.69) is 10.6 Å². The van der Waals surface area contributed by atoms with Crippen LogP contribution >= 0.6 is 0 Å². The van der Waals surface area contributed by atoms with Gasteiger partial charge in [0.2, 0.25) is 5.91 Å². The van der Waals surface area contributed by atoms with Gasteiger partial charge in [0.15, 0.2) is 6.61 Å². The normalized spacial score (nSPS) is 12.7. The standard InChI is InChI=1S/C15H19N3O4/c1-3-6-18(8-13(19)16-2)15(21)10-4-5-12-11(7-10)17-14(20)9-22-12/h4-5,7H,3,6,8-9H2,1-2H3,(H,16,19)(H,17,20). The Bertz CT molecular complexity index is 600. The summed E-state index contributed by atoms with van der Waals surface area (Å²) in [6, 6.07) is 4.85. The maximum Gasteiger partial charge on any atom is 0.262 e. The highest BCUT2D eigenvalue weighted by Crippen LogP contribution is 2.28. The summed E-state index contributed by atoms with van der Waals surface area (Å²) in [5.41, 5.74) is 0.875. The van der Waals surface area contributed by atoms with E-state index in [-0.39, 0.29) is 30.9 Å². The SMILES string of the molecule is CCCN(CC(=O)NC)C(=O)c1ccc2c(c1)NC(=O)CO2. The van der Waals surface area contributed by atoms with Crippen LogP contribution in [0.25, 0.3) is 0 Å².